The summed E-state index contributed by atoms with van der Waals surface area (Å²) in [6.07, 6.45) is 1.73. The van der Waals surface area contributed by atoms with Crippen molar-refractivity contribution in [3.63, 3.8) is 0 Å². The van der Waals surface area contributed by atoms with Crippen molar-refractivity contribution in [3.8, 4) is 0 Å². The first kappa shape index (κ1) is 9.84. The Bertz CT molecular complexity index is 363. The van der Waals surface area contributed by atoms with Gasteiger partial charge in [-0.3, -0.25) is 0 Å². The maximum Gasteiger partial charge on any atom is 0.240 e. The molecule has 2 aromatic rings. The van der Waals surface area contributed by atoms with Gasteiger partial charge < -0.3 is 17.0 Å². The number of nitrogens with one attached hydrogen (secondary N) is 2. The van der Waals surface area contributed by atoms with E-state index in [9.17, 15) is 0 Å². The quantitative estimate of drug-likeness (QED) is 0.654. The molecule has 2 rings (SSSR count). The summed E-state index contributed by atoms with van der Waals surface area (Å²) in [5.41, 5.74) is 1.92. The minimum Gasteiger partial charge on any atom is -1.00 e. The van der Waals surface area contributed by atoms with Gasteiger partial charge in [-0.15, -0.1) is 0 Å². The summed E-state index contributed by atoms with van der Waals surface area (Å²) in [7, 11) is 0. The van der Waals surface area contributed by atoms with Gasteiger partial charge in [-0.05, 0) is 0 Å². The topological polar surface area (TPSA) is 29.9 Å². The van der Waals surface area contributed by atoms with Crippen LogP contribution < -0.4 is 22.0 Å². The first-order valence-corrected chi connectivity index (χ1v) is 3.87. The van der Waals surface area contributed by atoms with Crippen molar-refractivity contribution in [1.82, 2.24) is 4.98 Å². The third kappa shape index (κ3) is 1.58. The average molecular weight is 268 g/mol. The van der Waals surface area contributed by atoms with E-state index in [-0.39, 0.29) is 17.0 Å². The van der Waals surface area contributed by atoms with E-state index in [0.29, 0.717) is 10.0 Å². The van der Waals surface area contributed by atoms with E-state index >= 15 is 0 Å². The van der Waals surface area contributed by atoms with Crippen LogP contribution in [0.4, 0.5) is 0 Å². The number of H-pyrrole nitrogens is 2. The smallest absolute Gasteiger partial charge is 0.240 e. The Kier molecular flexibility index (Phi) is 2.99. The molecule has 0 fully saturated rings. The van der Waals surface area contributed by atoms with Gasteiger partial charge in [0.1, 0.15) is 0 Å². The number of fused-ring (bicyclic) bond motifs is 1. The number of aromatic amines is 2. The molecule has 0 aliphatic rings. The van der Waals surface area contributed by atoms with Gasteiger partial charge in [-0.1, -0.05) is 23.2 Å². The lowest BCUT2D eigenvalue weighted by Gasteiger charge is -1.90. The van der Waals surface area contributed by atoms with Gasteiger partial charge in [0.15, 0.2) is 11.0 Å². The van der Waals surface area contributed by atoms with Crippen molar-refractivity contribution >= 4 is 34.2 Å². The molecule has 0 radical (unpaired) electrons. The number of benzene rings is 1. The third-order valence-electron chi connectivity index (χ3n) is 1.52. The molecule has 0 aliphatic carbocycles. The van der Waals surface area contributed by atoms with Gasteiger partial charge in [0.2, 0.25) is 6.33 Å². The largest absolute Gasteiger partial charge is 1.00 e. The van der Waals surface area contributed by atoms with Crippen LogP contribution in [0.1, 0.15) is 0 Å². The Balaban J connectivity index is 0.000000720. The van der Waals surface area contributed by atoms with E-state index in [1.165, 1.54) is 0 Å². The lowest BCUT2D eigenvalue weighted by molar-refractivity contribution is -0.344. The predicted octanol–water partition coefficient (Wildman–Crippen LogP) is -0.707. The highest BCUT2D eigenvalue weighted by Crippen LogP contribution is 2.24. The van der Waals surface area contributed by atoms with Crippen LogP contribution in [0.15, 0.2) is 18.5 Å². The van der Waals surface area contributed by atoms with Crippen molar-refractivity contribution in [1.29, 1.82) is 0 Å². The Morgan fingerprint density at radius 1 is 1.17 bits per heavy atom. The minimum atomic E-state index is 0. The van der Waals surface area contributed by atoms with Crippen molar-refractivity contribution in [2.24, 2.45) is 0 Å². The van der Waals surface area contributed by atoms with E-state index in [4.69, 9.17) is 23.2 Å². The molecule has 0 saturated heterocycles. The van der Waals surface area contributed by atoms with Gasteiger partial charge in [0, 0.05) is 12.1 Å². The van der Waals surface area contributed by atoms with E-state index in [2.05, 4.69) is 9.97 Å². The van der Waals surface area contributed by atoms with Crippen molar-refractivity contribution in [3.05, 3.63) is 28.5 Å². The molecule has 2 N–H and O–H groups in total. The molecule has 0 bridgehead atoms. The fourth-order valence-corrected chi connectivity index (χ4v) is 1.30. The van der Waals surface area contributed by atoms with Crippen LogP contribution in [-0.4, -0.2) is 4.98 Å². The zero-order valence-corrected chi connectivity index (χ0v) is 8.96. The van der Waals surface area contributed by atoms with Gasteiger partial charge in [-0.2, -0.15) is 0 Å². The molecular formula is C7H5BrCl2N2. The SMILES string of the molecule is Clc1cc2[nH]c[nH+]c2cc1Cl.[Br-]. The minimum absolute atomic E-state index is 0. The highest BCUT2D eigenvalue weighted by atomic mass is 79.9. The highest BCUT2D eigenvalue weighted by molar-refractivity contribution is 6.42. The molecular weight excluding hydrogens is 263 g/mol. The van der Waals surface area contributed by atoms with Crippen molar-refractivity contribution < 1.29 is 22.0 Å². The van der Waals surface area contributed by atoms with Gasteiger partial charge >= 0.3 is 0 Å². The van der Waals surface area contributed by atoms with Crippen LogP contribution in [0.2, 0.25) is 10.0 Å². The maximum atomic E-state index is 5.78. The molecule has 5 heteroatoms. The zero-order chi connectivity index (χ0) is 7.84. The van der Waals surface area contributed by atoms with Crippen LogP contribution in [-0.2, 0) is 0 Å². The summed E-state index contributed by atoms with van der Waals surface area (Å²) < 4.78 is 0. The molecule has 1 heterocycles. The second-order valence-corrected chi connectivity index (χ2v) is 3.06. The van der Waals surface area contributed by atoms with E-state index < -0.39 is 0 Å². The summed E-state index contributed by atoms with van der Waals surface area (Å²) in [6.45, 7) is 0. The number of halogens is 3. The fourth-order valence-electron chi connectivity index (χ4n) is 0.977. The summed E-state index contributed by atoms with van der Waals surface area (Å²) in [5.74, 6) is 0. The molecule has 64 valence electrons. The van der Waals surface area contributed by atoms with Crippen molar-refractivity contribution in [2.75, 3.05) is 0 Å². The molecule has 0 saturated carbocycles. The van der Waals surface area contributed by atoms with Crippen LogP contribution in [0.25, 0.3) is 11.0 Å². The molecule has 0 atom stereocenters. The van der Waals surface area contributed by atoms with Crippen LogP contribution in [0.5, 0.6) is 0 Å². The summed E-state index contributed by atoms with van der Waals surface area (Å²) in [6, 6.07) is 3.57. The summed E-state index contributed by atoms with van der Waals surface area (Å²) in [5, 5.41) is 1.13. The van der Waals surface area contributed by atoms with Gasteiger partial charge in [0.25, 0.3) is 0 Å². The Morgan fingerprint density at radius 2 is 1.83 bits per heavy atom. The summed E-state index contributed by atoms with van der Waals surface area (Å²) >= 11 is 11.6. The van der Waals surface area contributed by atoms with E-state index in [1.807, 2.05) is 0 Å². The number of rotatable bonds is 0. The normalized spacial score (nSPS) is 9.83. The number of hydrogen-bond donors (Lipinski definition) is 1. The monoisotopic (exact) mass is 266 g/mol. The predicted molar refractivity (Wildman–Crippen MR) is 44.9 cm³/mol. The lowest BCUT2D eigenvalue weighted by atomic mass is 10.3. The Hall–Kier alpha value is -0.250. The number of hydrogen-bond acceptors (Lipinski definition) is 0. The molecule has 2 nitrogen and oxygen atoms in total. The molecule has 0 amide bonds. The van der Waals surface area contributed by atoms with Crippen molar-refractivity contribution in [2.45, 2.75) is 0 Å². The van der Waals surface area contributed by atoms with Crippen LogP contribution in [0.3, 0.4) is 0 Å². The molecule has 12 heavy (non-hydrogen) atoms. The lowest BCUT2D eigenvalue weighted by Crippen LogP contribution is -3.00. The fraction of sp³-hybridized carbons (Fsp3) is 0. The molecule has 1 aromatic carbocycles. The number of aromatic nitrogens is 2. The Labute approximate surface area is 89.7 Å². The third-order valence-corrected chi connectivity index (χ3v) is 2.24. The first-order valence-electron chi connectivity index (χ1n) is 3.11. The zero-order valence-electron chi connectivity index (χ0n) is 5.87. The summed E-state index contributed by atoms with van der Waals surface area (Å²) in [4.78, 5) is 5.98. The van der Waals surface area contributed by atoms with Gasteiger partial charge in [-0.25, -0.2) is 9.97 Å². The maximum absolute atomic E-state index is 5.78. The standard InChI is InChI=1S/C7H4Cl2N2.BrH/c8-4-1-6-7(2-5(4)9)11-3-10-6;/h1-3H,(H,10,11);1H. The Morgan fingerprint density at radius 3 is 2.58 bits per heavy atom. The molecule has 1 aromatic heterocycles. The average Bonchev–Trinajstić information content (AvgIpc) is 2.36. The molecule has 0 aliphatic heterocycles. The van der Waals surface area contributed by atoms with E-state index in [1.54, 1.807) is 18.5 Å². The molecule has 0 spiro atoms. The molecule has 0 unspecified atom stereocenters. The highest BCUT2D eigenvalue weighted by Gasteiger charge is 2.05. The van der Waals surface area contributed by atoms with Gasteiger partial charge in [0.05, 0.1) is 10.0 Å². The number of imidazole rings is 1. The van der Waals surface area contributed by atoms with Crippen LogP contribution in [0, 0.1) is 0 Å². The van der Waals surface area contributed by atoms with Crippen LogP contribution >= 0.6 is 23.2 Å². The van der Waals surface area contributed by atoms with E-state index in [0.717, 1.165) is 11.0 Å². The first-order chi connectivity index (χ1) is 5.27. The second kappa shape index (κ2) is 3.64. The second-order valence-electron chi connectivity index (χ2n) is 2.24.